The number of anilines is 2. The van der Waals surface area contributed by atoms with E-state index in [0.29, 0.717) is 27.9 Å². The Balaban J connectivity index is 1.85. The van der Waals surface area contributed by atoms with E-state index >= 15 is 0 Å². The standard InChI is InChI=1S/C20H24N2O4S2/c1-24-12-9-10-15(25-2)14(11-12)21-20(27)22-18-17(19(23)26-3)13-7-5-4-6-8-16(13)28-18/h9-11H,4-8H2,1-3H3,(H2,21,22,27). The maximum Gasteiger partial charge on any atom is 0.341 e. The minimum absolute atomic E-state index is 0.330. The number of fused-ring (bicyclic) bond motifs is 1. The topological polar surface area (TPSA) is 68.8 Å². The minimum Gasteiger partial charge on any atom is -0.497 e. The summed E-state index contributed by atoms with van der Waals surface area (Å²) in [6, 6.07) is 5.42. The highest BCUT2D eigenvalue weighted by Gasteiger charge is 2.25. The van der Waals surface area contributed by atoms with Crippen LogP contribution in [0, 0.1) is 0 Å². The molecule has 0 aliphatic heterocycles. The molecule has 1 aromatic heterocycles. The molecule has 0 radical (unpaired) electrons. The summed E-state index contributed by atoms with van der Waals surface area (Å²) in [5, 5.41) is 7.40. The number of methoxy groups -OCH3 is 3. The lowest BCUT2D eigenvalue weighted by molar-refractivity contribution is 0.0601. The van der Waals surface area contributed by atoms with Gasteiger partial charge in [0, 0.05) is 10.9 Å². The third-order valence-electron chi connectivity index (χ3n) is 4.69. The molecule has 1 heterocycles. The zero-order valence-electron chi connectivity index (χ0n) is 16.2. The molecule has 1 aliphatic rings. The average molecular weight is 421 g/mol. The van der Waals surface area contributed by atoms with Gasteiger partial charge >= 0.3 is 5.97 Å². The van der Waals surface area contributed by atoms with E-state index < -0.39 is 0 Å². The Bertz CT molecular complexity index is 879. The third kappa shape index (κ3) is 4.39. The normalized spacial score (nSPS) is 13.1. The number of nitrogens with one attached hydrogen (secondary N) is 2. The number of aryl methyl sites for hydroxylation is 1. The van der Waals surface area contributed by atoms with Crippen LogP contribution >= 0.6 is 23.6 Å². The first-order valence-corrected chi connectivity index (χ1v) is 10.3. The highest BCUT2D eigenvalue weighted by molar-refractivity contribution is 7.80. The number of esters is 1. The molecule has 0 amide bonds. The number of hydrogen-bond acceptors (Lipinski definition) is 6. The highest BCUT2D eigenvalue weighted by Crippen LogP contribution is 2.38. The van der Waals surface area contributed by atoms with E-state index in [0.717, 1.165) is 36.2 Å². The lowest BCUT2D eigenvalue weighted by atomic mass is 10.1. The van der Waals surface area contributed by atoms with Gasteiger partial charge in [0.1, 0.15) is 16.5 Å². The Morgan fingerprint density at radius 3 is 2.57 bits per heavy atom. The highest BCUT2D eigenvalue weighted by atomic mass is 32.1. The fourth-order valence-electron chi connectivity index (χ4n) is 3.32. The Morgan fingerprint density at radius 1 is 1.07 bits per heavy atom. The van der Waals surface area contributed by atoms with Crippen molar-refractivity contribution in [3.63, 3.8) is 0 Å². The zero-order valence-corrected chi connectivity index (χ0v) is 17.9. The van der Waals surface area contributed by atoms with Crippen LogP contribution in [-0.4, -0.2) is 32.4 Å². The van der Waals surface area contributed by atoms with Gasteiger partial charge in [-0.3, -0.25) is 0 Å². The number of rotatable bonds is 5. The van der Waals surface area contributed by atoms with Crippen LogP contribution in [0.25, 0.3) is 0 Å². The fraction of sp³-hybridized carbons (Fsp3) is 0.400. The molecule has 8 heteroatoms. The molecule has 0 atom stereocenters. The van der Waals surface area contributed by atoms with Crippen molar-refractivity contribution in [2.24, 2.45) is 0 Å². The summed E-state index contributed by atoms with van der Waals surface area (Å²) in [5.41, 5.74) is 2.38. The number of thiophene rings is 1. The van der Waals surface area contributed by atoms with Crippen LogP contribution in [0.4, 0.5) is 10.7 Å². The largest absolute Gasteiger partial charge is 0.497 e. The summed E-state index contributed by atoms with van der Waals surface area (Å²) >= 11 is 7.07. The number of ether oxygens (including phenoxy) is 3. The molecule has 1 aliphatic carbocycles. The first-order chi connectivity index (χ1) is 13.6. The first-order valence-electron chi connectivity index (χ1n) is 9.10. The predicted octanol–water partition coefficient (Wildman–Crippen LogP) is 4.63. The molecule has 0 bridgehead atoms. The molecule has 0 spiro atoms. The first kappa shape index (κ1) is 20.4. The molecular formula is C20H24N2O4S2. The molecule has 0 saturated carbocycles. The van der Waals surface area contributed by atoms with E-state index in [9.17, 15) is 4.79 Å². The van der Waals surface area contributed by atoms with Gasteiger partial charge in [0.25, 0.3) is 0 Å². The molecule has 1 aromatic carbocycles. The van der Waals surface area contributed by atoms with Gasteiger partial charge in [0.15, 0.2) is 5.11 Å². The molecule has 6 nitrogen and oxygen atoms in total. The summed E-state index contributed by atoms with van der Waals surface area (Å²) in [7, 11) is 4.60. The van der Waals surface area contributed by atoms with E-state index in [1.165, 1.54) is 18.4 Å². The van der Waals surface area contributed by atoms with Gasteiger partial charge in [-0.05, 0) is 55.6 Å². The molecule has 2 N–H and O–H groups in total. The van der Waals surface area contributed by atoms with E-state index in [1.807, 2.05) is 6.07 Å². The molecule has 3 rings (SSSR count). The van der Waals surface area contributed by atoms with Crippen molar-refractivity contribution in [3.05, 3.63) is 34.2 Å². The van der Waals surface area contributed by atoms with Crippen molar-refractivity contribution in [1.29, 1.82) is 0 Å². The number of hydrogen-bond donors (Lipinski definition) is 2. The number of carbonyl (C=O) groups excluding carboxylic acids is 1. The molecular weight excluding hydrogens is 396 g/mol. The molecule has 28 heavy (non-hydrogen) atoms. The van der Waals surface area contributed by atoms with Crippen LogP contribution in [0.15, 0.2) is 18.2 Å². The smallest absolute Gasteiger partial charge is 0.341 e. The molecule has 2 aromatic rings. The molecule has 0 fully saturated rings. The van der Waals surface area contributed by atoms with Crippen LogP contribution in [0.3, 0.4) is 0 Å². The number of carbonyl (C=O) groups is 1. The van der Waals surface area contributed by atoms with Crippen LogP contribution < -0.4 is 20.1 Å². The van der Waals surface area contributed by atoms with Crippen molar-refractivity contribution in [1.82, 2.24) is 0 Å². The van der Waals surface area contributed by atoms with E-state index in [4.69, 9.17) is 26.4 Å². The van der Waals surface area contributed by atoms with Gasteiger partial charge in [-0.1, -0.05) is 6.42 Å². The van der Waals surface area contributed by atoms with Crippen LogP contribution in [0.5, 0.6) is 11.5 Å². The van der Waals surface area contributed by atoms with E-state index in [2.05, 4.69) is 10.6 Å². The van der Waals surface area contributed by atoms with Crippen molar-refractivity contribution in [2.45, 2.75) is 32.1 Å². The molecule has 0 saturated heterocycles. The summed E-state index contributed by atoms with van der Waals surface area (Å²) in [5.74, 6) is 0.993. The van der Waals surface area contributed by atoms with E-state index in [-0.39, 0.29) is 5.97 Å². The van der Waals surface area contributed by atoms with Gasteiger partial charge in [-0.2, -0.15) is 0 Å². The van der Waals surface area contributed by atoms with Gasteiger partial charge in [-0.25, -0.2) is 4.79 Å². The summed E-state index contributed by atoms with van der Waals surface area (Å²) in [6.45, 7) is 0. The zero-order chi connectivity index (χ0) is 20.1. The number of benzene rings is 1. The van der Waals surface area contributed by atoms with Crippen molar-refractivity contribution >= 4 is 45.3 Å². The SMILES string of the molecule is COC(=O)c1c(NC(=S)Nc2cc(OC)ccc2OC)sc2c1CCCCC2. The van der Waals surface area contributed by atoms with Gasteiger partial charge in [0.2, 0.25) is 0 Å². The second-order valence-electron chi connectivity index (χ2n) is 6.41. The summed E-state index contributed by atoms with van der Waals surface area (Å²) in [4.78, 5) is 13.7. The maximum absolute atomic E-state index is 12.4. The van der Waals surface area contributed by atoms with E-state index in [1.54, 1.807) is 37.7 Å². The second kappa shape index (κ2) is 9.25. The fourth-order valence-corrected chi connectivity index (χ4v) is 4.88. The van der Waals surface area contributed by atoms with Crippen LogP contribution in [-0.2, 0) is 17.6 Å². The van der Waals surface area contributed by atoms with Gasteiger partial charge in [0.05, 0.1) is 32.6 Å². The maximum atomic E-state index is 12.4. The minimum atomic E-state index is -0.330. The second-order valence-corrected chi connectivity index (χ2v) is 7.92. The van der Waals surface area contributed by atoms with Gasteiger partial charge < -0.3 is 24.8 Å². The Labute approximate surface area is 174 Å². The summed E-state index contributed by atoms with van der Waals surface area (Å²) in [6.07, 6.45) is 5.27. The summed E-state index contributed by atoms with van der Waals surface area (Å²) < 4.78 is 15.7. The van der Waals surface area contributed by atoms with Crippen molar-refractivity contribution in [2.75, 3.05) is 32.0 Å². The third-order valence-corrected chi connectivity index (χ3v) is 6.10. The average Bonchev–Trinajstić information content (AvgIpc) is 2.87. The number of thiocarbonyl (C=S) groups is 1. The van der Waals surface area contributed by atoms with Crippen LogP contribution in [0.2, 0.25) is 0 Å². The monoisotopic (exact) mass is 420 g/mol. The Morgan fingerprint density at radius 2 is 1.86 bits per heavy atom. The van der Waals surface area contributed by atoms with Gasteiger partial charge in [-0.15, -0.1) is 11.3 Å². The van der Waals surface area contributed by atoms with Crippen LogP contribution in [0.1, 0.15) is 40.1 Å². The van der Waals surface area contributed by atoms with Crippen molar-refractivity contribution in [3.8, 4) is 11.5 Å². The lowest BCUT2D eigenvalue weighted by Gasteiger charge is -2.14. The lowest BCUT2D eigenvalue weighted by Crippen LogP contribution is -2.20. The Kier molecular flexibility index (Phi) is 6.74. The van der Waals surface area contributed by atoms with Crippen molar-refractivity contribution < 1.29 is 19.0 Å². The predicted molar refractivity (Wildman–Crippen MR) is 116 cm³/mol. The molecule has 0 unspecified atom stereocenters. The Hall–Kier alpha value is -2.32. The quantitative estimate of drug-likeness (QED) is 0.415. The molecule has 150 valence electrons.